The van der Waals surface area contributed by atoms with Gasteiger partial charge in [0.05, 0.1) is 6.26 Å². The smallest absolute Gasteiger partial charge is 0.387 e. The predicted molar refractivity (Wildman–Crippen MR) is 129 cm³/mol. The highest BCUT2D eigenvalue weighted by atomic mass is 32.2. The minimum atomic E-state index is -3.21. The monoisotopic (exact) mass is 515 g/mol. The van der Waals surface area contributed by atoms with Crippen molar-refractivity contribution in [3.05, 3.63) is 66.4 Å². The molecule has 4 heterocycles. The lowest BCUT2D eigenvalue weighted by atomic mass is 10.1. The Morgan fingerprint density at radius 2 is 1.69 bits per heavy atom. The lowest BCUT2D eigenvalue weighted by molar-refractivity contribution is -0.0504. The van der Waals surface area contributed by atoms with Crippen molar-refractivity contribution >= 4 is 21.6 Å². The standard InChI is InChI=1S/C23H23F2N7O3S/c1-36(33,34)31-10-8-30(9-11-31)23-26-13-18(14-27-23)17-6-7-20-28-29-21(32(20)15-17)12-16-4-2-3-5-19(16)35-22(24)25/h2-7,13-15,22H,8-12H2,1H3. The van der Waals surface area contributed by atoms with E-state index in [-0.39, 0.29) is 12.2 Å². The summed E-state index contributed by atoms with van der Waals surface area (Å²) in [4.78, 5) is 10.9. The minimum Gasteiger partial charge on any atom is -0.435 e. The van der Waals surface area contributed by atoms with E-state index in [1.807, 2.05) is 23.2 Å². The number of para-hydroxylation sites is 1. The quantitative estimate of drug-likeness (QED) is 0.370. The van der Waals surface area contributed by atoms with E-state index in [1.54, 1.807) is 35.0 Å². The minimum absolute atomic E-state index is 0.0989. The van der Waals surface area contributed by atoms with Gasteiger partial charge >= 0.3 is 6.61 Å². The molecule has 0 radical (unpaired) electrons. The van der Waals surface area contributed by atoms with Gasteiger partial charge in [-0.25, -0.2) is 18.4 Å². The first-order valence-corrected chi connectivity index (χ1v) is 13.0. The molecule has 5 rings (SSSR count). The number of fused-ring (bicyclic) bond motifs is 1. The molecule has 0 saturated carbocycles. The van der Waals surface area contributed by atoms with Crippen LogP contribution in [-0.2, 0) is 16.4 Å². The molecule has 4 aromatic rings. The molecule has 0 aliphatic carbocycles. The molecule has 0 spiro atoms. The van der Waals surface area contributed by atoms with Gasteiger partial charge in [-0.2, -0.15) is 13.1 Å². The number of benzene rings is 1. The molecule has 0 unspecified atom stereocenters. The molecule has 188 valence electrons. The lowest BCUT2D eigenvalue weighted by Gasteiger charge is -2.33. The summed E-state index contributed by atoms with van der Waals surface area (Å²) in [6.07, 6.45) is 6.74. The Bertz CT molecular complexity index is 1470. The third-order valence-corrected chi connectivity index (χ3v) is 7.28. The van der Waals surface area contributed by atoms with E-state index in [2.05, 4.69) is 24.9 Å². The molecule has 10 nitrogen and oxygen atoms in total. The van der Waals surface area contributed by atoms with Gasteiger partial charge in [0, 0.05) is 67.9 Å². The summed E-state index contributed by atoms with van der Waals surface area (Å²) in [6.45, 7) is -1.11. The van der Waals surface area contributed by atoms with E-state index in [9.17, 15) is 17.2 Å². The number of rotatable bonds is 7. The van der Waals surface area contributed by atoms with Crippen molar-refractivity contribution < 1.29 is 21.9 Å². The van der Waals surface area contributed by atoms with Crippen LogP contribution < -0.4 is 9.64 Å². The number of halogens is 2. The van der Waals surface area contributed by atoms with Gasteiger partial charge in [0.2, 0.25) is 16.0 Å². The Labute approximate surface area is 206 Å². The van der Waals surface area contributed by atoms with Gasteiger partial charge in [0.25, 0.3) is 0 Å². The third-order valence-electron chi connectivity index (χ3n) is 5.97. The second-order valence-electron chi connectivity index (χ2n) is 8.35. The number of hydrogen-bond acceptors (Lipinski definition) is 8. The van der Waals surface area contributed by atoms with E-state index in [0.29, 0.717) is 49.2 Å². The molecule has 0 atom stereocenters. The Morgan fingerprint density at radius 1 is 0.972 bits per heavy atom. The Hall–Kier alpha value is -3.71. The Kier molecular flexibility index (Phi) is 6.49. The number of ether oxygens (including phenoxy) is 1. The van der Waals surface area contributed by atoms with Gasteiger partial charge in [-0.3, -0.25) is 4.40 Å². The second kappa shape index (κ2) is 9.74. The summed E-state index contributed by atoms with van der Waals surface area (Å²) < 4.78 is 56.9. The Balaban J connectivity index is 1.35. The zero-order chi connectivity index (χ0) is 25.3. The van der Waals surface area contributed by atoms with Crippen LogP contribution >= 0.6 is 0 Å². The maximum Gasteiger partial charge on any atom is 0.387 e. The summed E-state index contributed by atoms with van der Waals surface area (Å²) in [5, 5.41) is 8.41. The van der Waals surface area contributed by atoms with Crippen LogP contribution in [0, 0.1) is 0 Å². The number of alkyl halides is 2. The number of sulfonamides is 1. The van der Waals surface area contributed by atoms with Crippen LogP contribution in [0.5, 0.6) is 5.75 Å². The van der Waals surface area contributed by atoms with E-state index < -0.39 is 16.6 Å². The van der Waals surface area contributed by atoms with Crippen LogP contribution in [0.4, 0.5) is 14.7 Å². The number of hydrogen-bond donors (Lipinski definition) is 0. The van der Waals surface area contributed by atoms with Crippen molar-refractivity contribution in [2.75, 3.05) is 37.3 Å². The number of piperazine rings is 1. The van der Waals surface area contributed by atoms with E-state index in [0.717, 1.165) is 11.1 Å². The van der Waals surface area contributed by atoms with E-state index in [4.69, 9.17) is 0 Å². The van der Waals surface area contributed by atoms with Gasteiger partial charge < -0.3 is 9.64 Å². The van der Waals surface area contributed by atoms with Crippen molar-refractivity contribution in [2.24, 2.45) is 0 Å². The highest BCUT2D eigenvalue weighted by Gasteiger charge is 2.24. The molecule has 0 N–H and O–H groups in total. The summed E-state index contributed by atoms with van der Waals surface area (Å²) >= 11 is 0. The first kappa shape index (κ1) is 24.0. The van der Waals surface area contributed by atoms with Crippen molar-refractivity contribution in [1.29, 1.82) is 0 Å². The van der Waals surface area contributed by atoms with E-state index in [1.165, 1.54) is 16.6 Å². The number of pyridine rings is 1. The van der Waals surface area contributed by atoms with Crippen LogP contribution in [-0.4, -0.2) is 76.3 Å². The summed E-state index contributed by atoms with van der Waals surface area (Å²) in [7, 11) is -3.21. The lowest BCUT2D eigenvalue weighted by Crippen LogP contribution is -2.48. The molecule has 36 heavy (non-hydrogen) atoms. The topological polar surface area (TPSA) is 106 Å². The average molecular weight is 516 g/mol. The largest absolute Gasteiger partial charge is 0.435 e. The van der Waals surface area contributed by atoms with Crippen LogP contribution in [0.25, 0.3) is 16.8 Å². The summed E-state index contributed by atoms with van der Waals surface area (Å²) in [6, 6.07) is 10.3. The van der Waals surface area contributed by atoms with Crippen LogP contribution in [0.1, 0.15) is 11.4 Å². The fourth-order valence-corrected chi connectivity index (χ4v) is 4.94. The molecule has 0 amide bonds. The highest BCUT2D eigenvalue weighted by molar-refractivity contribution is 7.88. The molecule has 1 fully saturated rings. The number of anilines is 1. The predicted octanol–water partition coefficient (Wildman–Crippen LogP) is 2.46. The zero-order valence-electron chi connectivity index (χ0n) is 19.3. The van der Waals surface area contributed by atoms with Crippen molar-refractivity contribution in [3.63, 3.8) is 0 Å². The van der Waals surface area contributed by atoms with Crippen LogP contribution in [0.2, 0.25) is 0 Å². The van der Waals surface area contributed by atoms with Crippen molar-refractivity contribution in [2.45, 2.75) is 13.0 Å². The second-order valence-corrected chi connectivity index (χ2v) is 10.3. The van der Waals surface area contributed by atoms with Gasteiger partial charge in [-0.15, -0.1) is 10.2 Å². The van der Waals surface area contributed by atoms with Crippen LogP contribution in [0.3, 0.4) is 0 Å². The fourth-order valence-electron chi connectivity index (χ4n) is 4.11. The van der Waals surface area contributed by atoms with Gasteiger partial charge in [-0.1, -0.05) is 18.2 Å². The van der Waals surface area contributed by atoms with Crippen molar-refractivity contribution in [3.8, 4) is 16.9 Å². The summed E-state index contributed by atoms with van der Waals surface area (Å²) in [5.41, 5.74) is 2.79. The molecule has 3 aromatic heterocycles. The van der Waals surface area contributed by atoms with Crippen molar-refractivity contribution in [1.82, 2.24) is 28.9 Å². The normalized spacial score (nSPS) is 15.1. The molecule has 1 aliphatic heterocycles. The molecular weight excluding hydrogens is 492 g/mol. The number of aromatic nitrogens is 5. The highest BCUT2D eigenvalue weighted by Crippen LogP contribution is 2.25. The molecule has 13 heteroatoms. The third kappa shape index (κ3) is 5.11. The molecule has 1 aliphatic rings. The SMILES string of the molecule is CS(=O)(=O)N1CCN(c2ncc(-c3ccc4nnc(Cc5ccccc5OC(F)F)n4c3)cn2)CC1. The maximum absolute atomic E-state index is 12.8. The van der Waals surface area contributed by atoms with E-state index >= 15 is 0 Å². The average Bonchev–Trinajstić information content (AvgIpc) is 3.26. The zero-order valence-corrected chi connectivity index (χ0v) is 20.1. The number of nitrogens with zero attached hydrogens (tertiary/aromatic N) is 7. The molecule has 1 saturated heterocycles. The molecule has 1 aromatic carbocycles. The first-order valence-electron chi connectivity index (χ1n) is 11.2. The van der Waals surface area contributed by atoms with Gasteiger partial charge in [-0.05, 0) is 18.2 Å². The Morgan fingerprint density at radius 3 is 2.39 bits per heavy atom. The van der Waals surface area contributed by atoms with Gasteiger partial charge in [0.1, 0.15) is 11.6 Å². The first-order chi connectivity index (χ1) is 17.3. The molecule has 0 bridgehead atoms. The van der Waals surface area contributed by atoms with Gasteiger partial charge in [0.15, 0.2) is 5.65 Å². The molecular formula is C23H23F2N7O3S. The van der Waals surface area contributed by atoms with Crippen LogP contribution in [0.15, 0.2) is 55.0 Å². The fraction of sp³-hybridized carbons (Fsp3) is 0.304. The maximum atomic E-state index is 12.8. The summed E-state index contributed by atoms with van der Waals surface area (Å²) in [5.74, 6) is 1.20.